The fraction of sp³-hybridized carbons (Fsp3) is 0.929. The number of rotatable bonds is 3. The number of nitrogens with one attached hydrogen (secondary N) is 1. The lowest BCUT2D eigenvalue weighted by molar-refractivity contribution is 0.128. The first-order chi connectivity index (χ1) is 8.31. The molecule has 2 aliphatic rings. The van der Waals surface area contributed by atoms with Gasteiger partial charge in [-0.25, -0.2) is 0 Å². The van der Waals surface area contributed by atoms with E-state index in [1.165, 1.54) is 19.3 Å². The Morgan fingerprint density at radius 2 is 1.88 bits per heavy atom. The molecule has 2 N–H and O–H groups in total. The zero-order chi connectivity index (χ0) is 12.1. The van der Waals surface area contributed by atoms with Gasteiger partial charge in [0, 0.05) is 12.6 Å². The van der Waals surface area contributed by atoms with E-state index in [2.05, 4.69) is 11.4 Å². The standard InChI is InChI=1S/C14H24N2O/c15-9-11-5-2-1-3-7-13(11)16-10-12-6-4-8-14(12)17/h11-14,16-17H,1-8,10H2. The lowest BCUT2D eigenvalue weighted by atomic mass is 9.95. The Morgan fingerprint density at radius 3 is 2.59 bits per heavy atom. The number of nitrogens with zero attached hydrogens (tertiary/aromatic N) is 1. The summed E-state index contributed by atoms with van der Waals surface area (Å²) in [7, 11) is 0. The molecule has 96 valence electrons. The maximum Gasteiger partial charge on any atom is 0.0672 e. The quantitative estimate of drug-likeness (QED) is 0.739. The van der Waals surface area contributed by atoms with Crippen molar-refractivity contribution < 1.29 is 5.11 Å². The van der Waals surface area contributed by atoms with E-state index >= 15 is 0 Å². The predicted molar refractivity (Wildman–Crippen MR) is 67.3 cm³/mol. The minimum Gasteiger partial charge on any atom is -0.393 e. The van der Waals surface area contributed by atoms with Crippen LogP contribution in [0.4, 0.5) is 0 Å². The van der Waals surface area contributed by atoms with Crippen molar-refractivity contribution in [2.24, 2.45) is 11.8 Å². The highest BCUT2D eigenvalue weighted by atomic mass is 16.3. The maximum absolute atomic E-state index is 9.79. The van der Waals surface area contributed by atoms with Crippen LogP contribution >= 0.6 is 0 Å². The van der Waals surface area contributed by atoms with Crippen molar-refractivity contribution in [3.05, 3.63) is 0 Å². The maximum atomic E-state index is 9.79. The van der Waals surface area contributed by atoms with Crippen LogP contribution in [0.3, 0.4) is 0 Å². The first kappa shape index (κ1) is 12.9. The average Bonchev–Trinajstić information content (AvgIpc) is 2.63. The molecule has 4 unspecified atom stereocenters. The van der Waals surface area contributed by atoms with E-state index in [1.54, 1.807) is 0 Å². The van der Waals surface area contributed by atoms with Gasteiger partial charge in [0.15, 0.2) is 0 Å². The summed E-state index contributed by atoms with van der Waals surface area (Å²) in [5.74, 6) is 0.591. The summed E-state index contributed by atoms with van der Waals surface area (Å²) in [4.78, 5) is 0. The van der Waals surface area contributed by atoms with Gasteiger partial charge in [-0.05, 0) is 31.6 Å². The fourth-order valence-electron chi connectivity index (χ4n) is 3.26. The van der Waals surface area contributed by atoms with E-state index < -0.39 is 0 Å². The second-order valence-electron chi connectivity index (χ2n) is 5.65. The van der Waals surface area contributed by atoms with Gasteiger partial charge in [0.2, 0.25) is 0 Å². The van der Waals surface area contributed by atoms with E-state index in [0.29, 0.717) is 12.0 Å². The Hall–Kier alpha value is -0.590. The van der Waals surface area contributed by atoms with Gasteiger partial charge in [0.25, 0.3) is 0 Å². The van der Waals surface area contributed by atoms with Crippen LogP contribution in [0.2, 0.25) is 0 Å². The summed E-state index contributed by atoms with van der Waals surface area (Å²) in [5, 5.41) is 22.5. The third-order valence-corrected chi connectivity index (χ3v) is 4.44. The lowest BCUT2D eigenvalue weighted by Gasteiger charge is -2.24. The zero-order valence-electron chi connectivity index (χ0n) is 10.6. The molecule has 0 aliphatic heterocycles. The van der Waals surface area contributed by atoms with Crippen molar-refractivity contribution in [3.63, 3.8) is 0 Å². The Morgan fingerprint density at radius 1 is 1.06 bits per heavy atom. The van der Waals surface area contributed by atoms with Gasteiger partial charge in [-0.1, -0.05) is 25.7 Å². The van der Waals surface area contributed by atoms with Crippen LogP contribution in [0.1, 0.15) is 51.4 Å². The van der Waals surface area contributed by atoms with Crippen LogP contribution in [0.15, 0.2) is 0 Å². The monoisotopic (exact) mass is 236 g/mol. The van der Waals surface area contributed by atoms with E-state index in [9.17, 15) is 10.4 Å². The Kier molecular flexibility index (Phi) is 4.82. The van der Waals surface area contributed by atoms with Crippen molar-refractivity contribution in [2.45, 2.75) is 63.5 Å². The van der Waals surface area contributed by atoms with E-state index in [1.807, 2.05) is 0 Å². The fourth-order valence-corrected chi connectivity index (χ4v) is 3.26. The second kappa shape index (κ2) is 6.37. The van der Waals surface area contributed by atoms with Gasteiger partial charge in [0.1, 0.15) is 0 Å². The molecule has 2 fully saturated rings. The molecule has 0 aromatic heterocycles. The molecule has 0 amide bonds. The van der Waals surface area contributed by atoms with Crippen LogP contribution < -0.4 is 5.32 Å². The highest BCUT2D eigenvalue weighted by molar-refractivity contribution is 4.94. The molecular formula is C14H24N2O. The zero-order valence-corrected chi connectivity index (χ0v) is 10.6. The number of aliphatic hydroxyl groups excluding tert-OH is 1. The van der Waals surface area contributed by atoms with Crippen LogP contribution in [-0.2, 0) is 0 Å². The van der Waals surface area contributed by atoms with Gasteiger partial charge in [-0.2, -0.15) is 5.26 Å². The first-order valence-electron chi connectivity index (χ1n) is 7.12. The van der Waals surface area contributed by atoms with Crippen molar-refractivity contribution in [1.82, 2.24) is 5.32 Å². The predicted octanol–water partition coefficient (Wildman–Crippen LogP) is 2.21. The Balaban J connectivity index is 1.81. The molecule has 0 aromatic carbocycles. The first-order valence-corrected chi connectivity index (χ1v) is 7.12. The molecule has 2 aliphatic carbocycles. The van der Waals surface area contributed by atoms with Crippen molar-refractivity contribution in [1.29, 1.82) is 5.26 Å². The van der Waals surface area contributed by atoms with Crippen molar-refractivity contribution in [3.8, 4) is 6.07 Å². The van der Waals surface area contributed by atoms with E-state index in [4.69, 9.17) is 0 Å². The van der Waals surface area contributed by atoms with Crippen LogP contribution in [0, 0.1) is 23.2 Å². The van der Waals surface area contributed by atoms with Gasteiger partial charge in [-0.15, -0.1) is 0 Å². The molecule has 2 rings (SSSR count). The average molecular weight is 236 g/mol. The minimum atomic E-state index is -0.117. The molecule has 0 heterocycles. The number of nitriles is 1. The molecule has 4 atom stereocenters. The smallest absolute Gasteiger partial charge is 0.0672 e. The van der Waals surface area contributed by atoms with Crippen molar-refractivity contribution >= 4 is 0 Å². The number of aliphatic hydroxyl groups is 1. The van der Waals surface area contributed by atoms with E-state index in [-0.39, 0.29) is 12.0 Å². The van der Waals surface area contributed by atoms with Crippen LogP contribution in [0.25, 0.3) is 0 Å². The summed E-state index contributed by atoms with van der Waals surface area (Å²) in [6, 6.07) is 2.81. The lowest BCUT2D eigenvalue weighted by Crippen LogP contribution is -2.39. The topological polar surface area (TPSA) is 56.0 Å². The summed E-state index contributed by atoms with van der Waals surface area (Å²) in [6.07, 6.45) is 9.00. The van der Waals surface area contributed by atoms with Crippen molar-refractivity contribution in [2.75, 3.05) is 6.54 Å². The third-order valence-electron chi connectivity index (χ3n) is 4.44. The molecule has 3 heteroatoms. The summed E-state index contributed by atoms with van der Waals surface area (Å²) < 4.78 is 0. The molecule has 0 aromatic rings. The van der Waals surface area contributed by atoms with Gasteiger partial charge < -0.3 is 10.4 Å². The largest absolute Gasteiger partial charge is 0.393 e. The summed E-state index contributed by atoms with van der Waals surface area (Å²) >= 11 is 0. The van der Waals surface area contributed by atoms with Gasteiger partial charge in [0.05, 0.1) is 18.1 Å². The molecule has 2 saturated carbocycles. The highest BCUT2D eigenvalue weighted by Crippen LogP contribution is 2.27. The minimum absolute atomic E-state index is 0.117. The second-order valence-corrected chi connectivity index (χ2v) is 5.65. The third kappa shape index (κ3) is 3.43. The Bertz CT molecular complexity index is 274. The number of hydrogen-bond donors (Lipinski definition) is 2. The summed E-state index contributed by atoms with van der Waals surface area (Å²) in [6.45, 7) is 0.893. The SMILES string of the molecule is N#CC1CCCCCC1NCC1CCCC1O. The van der Waals surface area contributed by atoms with Crippen LogP contribution in [0.5, 0.6) is 0 Å². The molecule has 3 nitrogen and oxygen atoms in total. The molecular weight excluding hydrogens is 212 g/mol. The van der Waals surface area contributed by atoms with Crippen LogP contribution in [-0.4, -0.2) is 23.8 Å². The van der Waals surface area contributed by atoms with Gasteiger partial charge >= 0.3 is 0 Å². The molecule has 0 bridgehead atoms. The van der Waals surface area contributed by atoms with Gasteiger partial charge in [-0.3, -0.25) is 0 Å². The number of hydrogen-bond acceptors (Lipinski definition) is 3. The summed E-state index contributed by atoms with van der Waals surface area (Å²) in [5.41, 5.74) is 0. The molecule has 0 spiro atoms. The van der Waals surface area contributed by atoms with E-state index in [0.717, 1.165) is 38.6 Å². The normalized spacial score (nSPS) is 38.6. The molecule has 0 saturated heterocycles. The Labute approximate surface area is 104 Å². The molecule has 0 radical (unpaired) electrons. The highest BCUT2D eigenvalue weighted by Gasteiger charge is 2.28. The molecule has 17 heavy (non-hydrogen) atoms.